The number of nitrogens with two attached hydrogens (primary N) is 1. The predicted molar refractivity (Wildman–Crippen MR) is 80.1 cm³/mol. The molecule has 4 nitrogen and oxygen atoms in total. The summed E-state index contributed by atoms with van der Waals surface area (Å²) < 4.78 is 5.65. The first kappa shape index (κ1) is 17.7. The molecule has 19 heavy (non-hydrogen) atoms. The number of nitrogens with one attached hydrogen (secondary N) is 1. The van der Waals surface area contributed by atoms with Gasteiger partial charge in [0.1, 0.15) is 5.75 Å². The molecule has 1 rings (SSSR count). The molecule has 3 N–H and O–H groups in total. The summed E-state index contributed by atoms with van der Waals surface area (Å²) in [4.78, 5) is 11.8. The highest BCUT2D eigenvalue weighted by atomic mass is 35.5. The summed E-state index contributed by atoms with van der Waals surface area (Å²) in [5.41, 5.74) is 6.08. The fraction of sp³-hybridized carbons (Fsp3) is 0.500. The fourth-order valence-electron chi connectivity index (χ4n) is 1.37. The predicted octanol–water partition coefficient (Wildman–Crippen LogP) is 2.36. The first-order valence-corrected chi connectivity index (χ1v) is 6.34. The molecule has 0 saturated heterocycles. The second kappa shape index (κ2) is 8.77. The Labute approximate surface area is 121 Å². The smallest absolute Gasteiger partial charge is 0.251 e. The van der Waals surface area contributed by atoms with Crippen molar-refractivity contribution < 1.29 is 9.53 Å². The van der Waals surface area contributed by atoms with E-state index < -0.39 is 0 Å². The molecule has 1 unspecified atom stereocenters. The van der Waals surface area contributed by atoms with Gasteiger partial charge in [0.15, 0.2) is 0 Å². The molecule has 108 valence electrons. The molecule has 0 aliphatic carbocycles. The van der Waals surface area contributed by atoms with E-state index in [1.54, 1.807) is 12.1 Å². The molecule has 0 aliphatic rings. The number of ether oxygens (including phenoxy) is 1. The van der Waals surface area contributed by atoms with Gasteiger partial charge in [0.25, 0.3) is 5.91 Å². The SMILES string of the molecule is CCC(C)Oc1ccc(C(=O)N[C@@H](C)CN)cc1.Cl. The van der Waals surface area contributed by atoms with Crippen LogP contribution in [0.15, 0.2) is 24.3 Å². The summed E-state index contributed by atoms with van der Waals surface area (Å²) in [7, 11) is 0. The van der Waals surface area contributed by atoms with Gasteiger partial charge in [-0.2, -0.15) is 0 Å². The number of carbonyl (C=O) groups excluding carboxylic acids is 1. The number of hydrogen-bond acceptors (Lipinski definition) is 3. The van der Waals surface area contributed by atoms with Gasteiger partial charge in [0, 0.05) is 18.2 Å². The molecule has 1 aromatic rings. The van der Waals surface area contributed by atoms with Gasteiger partial charge in [-0.3, -0.25) is 4.79 Å². The summed E-state index contributed by atoms with van der Waals surface area (Å²) in [6.45, 7) is 6.39. The molecule has 0 radical (unpaired) electrons. The molecule has 0 bridgehead atoms. The molecule has 0 aliphatic heterocycles. The third kappa shape index (κ3) is 5.94. The number of carbonyl (C=O) groups is 1. The average Bonchev–Trinajstić information content (AvgIpc) is 2.39. The normalized spacial score (nSPS) is 13.1. The Balaban J connectivity index is 0.00000324. The van der Waals surface area contributed by atoms with Crippen LogP contribution >= 0.6 is 12.4 Å². The van der Waals surface area contributed by atoms with Gasteiger partial charge < -0.3 is 15.8 Å². The monoisotopic (exact) mass is 286 g/mol. The highest BCUT2D eigenvalue weighted by Gasteiger charge is 2.09. The highest BCUT2D eigenvalue weighted by molar-refractivity contribution is 5.94. The molecule has 1 aromatic carbocycles. The van der Waals surface area contributed by atoms with E-state index in [9.17, 15) is 4.79 Å². The Hall–Kier alpha value is -1.26. The van der Waals surface area contributed by atoms with E-state index in [1.807, 2.05) is 26.0 Å². The highest BCUT2D eigenvalue weighted by Crippen LogP contribution is 2.14. The van der Waals surface area contributed by atoms with E-state index in [0.29, 0.717) is 12.1 Å². The second-order valence-electron chi connectivity index (χ2n) is 4.47. The maximum absolute atomic E-state index is 11.8. The first-order valence-electron chi connectivity index (χ1n) is 6.34. The van der Waals surface area contributed by atoms with Crippen molar-refractivity contribution in [2.45, 2.75) is 39.3 Å². The Morgan fingerprint density at radius 3 is 2.37 bits per heavy atom. The van der Waals surface area contributed by atoms with Crippen molar-refractivity contribution in [3.05, 3.63) is 29.8 Å². The number of benzene rings is 1. The minimum absolute atomic E-state index is 0. The minimum atomic E-state index is -0.108. The van der Waals surface area contributed by atoms with Gasteiger partial charge in [0.2, 0.25) is 0 Å². The van der Waals surface area contributed by atoms with Crippen LogP contribution in [0.2, 0.25) is 0 Å². The summed E-state index contributed by atoms with van der Waals surface area (Å²) in [5, 5.41) is 2.81. The Kier molecular flexibility index (Phi) is 8.19. The number of hydrogen-bond donors (Lipinski definition) is 2. The van der Waals surface area contributed by atoms with Gasteiger partial charge in [-0.05, 0) is 44.5 Å². The van der Waals surface area contributed by atoms with Crippen LogP contribution in [-0.2, 0) is 0 Å². The first-order chi connectivity index (χ1) is 8.56. The van der Waals surface area contributed by atoms with Gasteiger partial charge in [0.05, 0.1) is 6.10 Å². The van der Waals surface area contributed by atoms with Crippen LogP contribution in [-0.4, -0.2) is 24.6 Å². The van der Waals surface area contributed by atoms with Crippen molar-refractivity contribution in [3.8, 4) is 5.75 Å². The van der Waals surface area contributed by atoms with Gasteiger partial charge in [-0.25, -0.2) is 0 Å². The van der Waals surface area contributed by atoms with Crippen molar-refractivity contribution in [3.63, 3.8) is 0 Å². The molecule has 0 saturated carbocycles. The lowest BCUT2D eigenvalue weighted by molar-refractivity contribution is 0.0941. The van der Waals surface area contributed by atoms with Crippen molar-refractivity contribution in [1.29, 1.82) is 0 Å². The quantitative estimate of drug-likeness (QED) is 0.844. The minimum Gasteiger partial charge on any atom is -0.491 e. The molecule has 0 fully saturated rings. The topological polar surface area (TPSA) is 64.3 Å². The third-order valence-electron chi connectivity index (χ3n) is 2.76. The van der Waals surface area contributed by atoms with Crippen LogP contribution in [0.3, 0.4) is 0 Å². The van der Waals surface area contributed by atoms with Gasteiger partial charge >= 0.3 is 0 Å². The van der Waals surface area contributed by atoms with Crippen molar-refractivity contribution in [2.75, 3.05) is 6.54 Å². The number of rotatable bonds is 6. The summed E-state index contributed by atoms with van der Waals surface area (Å²) in [5.74, 6) is 0.677. The molecular formula is C14H23ClN2O2. The molecule has 1 amide bonds. The van der Waals surface area contributed by atoms with Crippen LogP contribution in [0, 0.1) is 0 Å². The lowest BCUT2D eigenvalue weighted by Crippen LogP contribution is -2.37. The van der Waals surface area contributed by atoms with Crippen LogP contribution in [0.5, 0.6) is 5.75 Å². The Morgan fingerprint density at radius 2 is 1.89 bits per heavy atom. The Morgan fingerprint density at radius 1 is 1.32 bits per heavy atom. The molecule has 5 heteroatoms. The van der Waals surface area contributed by atoms with E-state index in [0.717, 1.165) is 12.2 Å². The molecule has 2 atom stereocenters. The molecule has 0 spiro atoms. The molecule has 0 aromatic heterocycles. The maximum atomic E-state index is 11.8. The number of amides is 1. The average molecular weight is 287 g/mol. The third-order valence-corrected chi connectivity index (χ3v) is 2.76. The lowest BCUT2D eigenvalue weighted by Gasteiger charge is -2.14. The summed E-state index contributed by atoms with van der Waals surface area (Å²) in [6.07, 6.45) is 1.14. The Bertz CT molecular complexity index is 382. The van der Waals surface area contributed by atoms with Crippen LogP contribution in [0.25, 0.3) is 0 Å². The van der Waals surface area contributed by atoms with E-state index in [4.69, 9.17) is 10.5 Å². The van der Waals surface area contributed by atoms with Crippen molar-refractivity contribution in [1.82, 2.24) is 5.32 Å². The van der Waals surface area contributed by atoms with E-state index in [1.165, 1.54) is 0 Å². The van der Waals surface area contributed by atoms with E-state index in [-0.39, 0.29) is 30.5 Å². The second-order valence-corrected chi connectivity index (χ2v) is 4.47. The van der Waals surface area contributed by atoms with E-state index in [2.05, 4.69) is 12.2 Å². The van der Waals surface area contributed by atoms with E-state index >= 15 is 0 Å². The lowest BCUT2D eigenvalue weighted by atomic mass is 10.2. The van der Waals surface area contributed by atoms with Gasteiger partial charge in [-0.1, -0.05) is 6.92 Å². The molecular weight excluding hydrogens is 264 g/mol. The van der Waals surface area contributed by atoms with Crippen molar-refractivity contribution >= 4 is 18.3 Å². The zero-order valence-corrected chi connectivity index (χ0v) is 12.5. The fourth-order valence-corrected chi connectivity index (χ4v) is 1.37. The number of halogens is 1. The van der Waals surface area contributed by atoms with Crippen molar-refractivity contribution in [2.24, 2.45) is 5.73 Å². The van der Waals surface area contributed by atoms with Gasteiger partial charge in [-0.15, -0.1) is 12.4 Å². The largest absolute Gasteiger partial charge is 0.491 e. The molecule has 0 heterocycles. The zero-order valence-electron chi connectivity index (χ0n) is 11.7. The summed E-state index contributed by atoms with van der Waals surface area (Å²) >= 11 is 0. The maximum Gasteiger partial charge on any atom is 0.251 e. The zero-order chi connectivity index (χ0) is 13.5. The van der Waals surface area contributed by atoms with Crippen LogP contribution < -0.4 is 15.8 Å². The summed E-state index contributed by atoms with van der Waals surface area (Å²) in [6, 6.07) is 7.13. The van der Waals surface area contributed by atoms with Crippen LogP contribution in [0.4, 0.5) is 0 Å². The van der Waals surface area contributed by atoms with Crippen LogP contribution in [0.1, 0.15) is 37.6 Å². The standard InChI is InChI=1S/C14H22N2O2.ClH/c1-4-11(3)18-13-7-5-12(6-8-13)14(17)16-10(2)9-15;/h5-8,10-11H,4,9,15H2,1-3H3,(H,16,17);1H/t10-,11?;/m0./s1.